The van der Waals surface area contributed by atoms with Gasteiger partial charge in [-0.2, -0.15) is 0 Å². The number of piperidine rings is 1. The van der Waals surface area contributed by atoms with E-state index in [2.05, 4.69) is 70.4 Å². The predicted molar refractivity (Wildman–Crippen MR) is 109 cm³/mol. The lowest BCUT2D eigenvalue weighted by Gasteiger charge is -2.34. The summed E-state index contributed by atoms with van der Waals surface area (Å²) in [6, 6.07) is 6.83. The molecular weight excluding hydrogens is 336 g/mol. The van der Waals surface area contributed by atoms with E-state index in [-0.39, 0.29) is 5.41 Å². The van der Waals surface area contributed by atoms with E-state index in [4.69, 9.17) is 0 Å². The van der Waals surface area contributed by atoms with Gasteiger partial charge in [0.15, 0.2) is 5.82 Å². The van der Waals surface area contributed by atoms with Gasteiger partial charge in [0, 0.05) is 37.8 Å². The van der Waals surface area contributed by atoms with Crippen molar-refractivity contribution in [1.82, 2.24) is 19.9 Å². The van der Waals surface area contributed by atoms with E-state index in [0.29, 0.717) is 6.17 Å². The third kappa shape index (κ3) is 2.42. The number of aromatic nitrogens is 3. The highest BCUT2D eigenvalue weighted by molar-refractivity contribution is 5.67. The summed E-state index contributed by atoms with van der Waals surface area (Å²) in [6.07, 6.45) is 8.80. The summed E-state index contributed by atoms with van der Waals surface area (Å²) in [5.41, 5.74) is 4.20. The van der Waals surface area contributed by atoms with Gasteiger partial charge in [-0.25, -0.2) is 4.68 Å². The monoisotopic (exact) mass is 366 g/mol. The van der Waals surface area contributed by atoms with Crippen molar-refractivity contribution in [2.75, 3.05) is 43.5 Å². The van der Waals surface area contributed by atoms with Crippen molar-refractivity contribution in [3.8, 4) is 5.69 Å². The molecule has 0 unspecified atom stereocenters. The molecule has 2 saturated heterocycles. The molecule has 0 bridgehead atoms. The largest absolute Gasteiger partial charge is 0.358 e. The fraction of sp³-hybridized carbons (Fsp3) is 0.619. The zero-order chi connectivity index (χ0) is 18.6. The lowest BCUT2D eigenvalue weighted by molar-refractivity contribution is 0.252. The van der Waals surface area contributed by atoms with Crippen LogP contribution in [0.4, 0.5) is 11.5 Å². The Bertz CT molecular complexity index is 839. The van der Waals surface area contributed by atoms with Gasteiger partial charge >= 0.3 is 0 Å². The van der Waals surface area contributed by atoms with Crippen molar-refractivity contribution in [1.29, 1.82) is 0 Å². The average Bonchev–Trinajstić information content (AvgIpc) is 3.38. The smallest absolute Gasteiger partial charge is 0.171 e. The van der Waals surface area contributed by atoms with Crippen LogP contribution in [-0.4, -0.2) is 59.8 Å². The van der Waals surface area contributed by atoms with Crippen molar-refractivity contribution in [3.05, 3.63) is 30.0 Å². The molecule has 6 heteroatoms. The maximum absolute atomic E-state index is 4.46. The fourth-order valence-electron chi connectivity index (χ4n) is 5.69. The Morgan fingerprint density at radius 1 is 1.11 bits per heavy atom. The first kappa shape index (κ1) is 17.0. The summed E-state index contributed by atoms with van der Waals surface area (Å²) in [6.45, 7) is 5.70. The van der Waals surface area contributed by atoms with Gasteiger partial charge in [-0.05, 0) is 62.9 Å². The Kier molecular flexibility index (Phi) is 3.93. The summed E-state index contributed by atoms with van der Waals surface area (Å²) in [5.74, 6) is 1.01. The van der Waals surface area contributed by atoms with Crippen molar-refractivity contribution in [2.24, 2.45) is 0 Å². The molecule has 4 heterocycles. The van der Waals surface area contributed by atoms with E-state index in [0.717, 1.165) is 31.1 Å². The summed E-state index contributed by atoms with van der Waals surface area (Å²) >= 11 is 0. The maximum Gasteiger partial charge on any atom is 0.171 e. The van der Waals surface area contributed by atoms with Gasteiger partial charge in [0.1, 0.15) is 0 Å². The zero-order valence-electron chi connectivity index (χ0n) is 16.7. The molecule has 0 radical (unpaired) electrons. The van der Waals surface area contributed by atoms with Gasteiger partial charge in [0.05, 0.1) is 18.1 Å². The fourth-order valence-corrected chi connectivity index (χ4v) is 5.69. The number of rotatable bonds is 3. The third-order valence-electron chi connectivity index (χ3n) is 7.14. The second-order valence-corrected chi connectivity index (χ2v) is 8.50. The van der Waals surface area contributed by atoms with E-state index in [1.165, 1.54) is 43.4 Å². The number of nitrogens with zero attached hydrogens (tertiary/aromatic N) is 6. The van der Waals surface area contributed by atoms with Gasteiger partial charge in [0.25, 0.3) is 0 Å². The van der Waals surface area contributed by atoms with Gasteiger partial charge in [0.2, 0.25) is 0 Å². The molecule has 1 aromatic heterocycles. The molecule has 2 atom stereocenters. The topological polar surface area (TPSA) is 40.4 Å². The van der Waals surface area contributed by atoms with Gasteiger partial charge in [-0.3, -0.25) is 4.90 Å². The van der Waals surface area contributed by atoms with E-state index in [1.807, 2.05) is 4.68 Å². The Morgan fingerprint density at radius 3 is 2.70 bits per heavy atom. The normalized spacial score (nSPS) is 27.9. The number of fused-ring (bicyclic) bond motifs is 3. The number of likely N-dealkylation sites (N-methyl/N-ethyl adjacent to an activating group) is 2. The number of benzene rings is 1. The molecule has 0 aliphatic carbocycles. The van der Waals surface area contributed by atoms with Crippen LogP contribution in [0.25, 0.3) is 5.69 Å². The molecule has 1 aromatic carbocycles. The minimum atomic E-state index is 0.227. The molecule has 2 fully saturated rings. The summed E-state index contributed by atoms with van der Waals surface area (Å²) < 4.78 is 1.96. The van der Waals surface area contributed by atoms with Crippen molar-refractivity contribution in [2.45, 2.75) is 50.6 Å². The molecule has 3 aliphatic rings. The van der Waals surface area contributed by atoms with E-state index >= 15 is 0 Å². The number of hydrogen-bond donors (Lipinski definition) is 0. The minimum Gasteiger partial charge on any atom is -0.358 e. The van der Waals surface area contributed by atoms with Crippen molar-refractivity contribution < 1.29 is 0 Å². The number of anilines is 2. The highest BCUT2D eigenvalue weighted by Crippen LogP contribution is 2.53. The summed E-state index contributed by atoms with van der Waals surface area (Å²) in [4.78, 5) is 7.34. The standard InChI is InChI=1S/C21H30N6/c1-4-21-10-13-24(2)20(21)25(3)18-9-8-16(14-17(18)21)27-15-19(22-23-27)26-11-6-5-7-12-26/h8-9,14-15,20H,4-7,10-13H2,1-3H3/t20-,21+/m1/s1. The molecule has 0 amide bonds. The van der Waals surface area contributed by atoms with Crippen LogP contribution in [0.15, 0.2) is 24.4 Å². The summed E-state index contributed by atoms with van der Waals surface area (Å²) in [7, 11) is 4.50. The van der Waals surface area contributed by atoms with Crippen molar-refractivity contribution >= 4 is 11.5 Å². The SMILES string of the molecule is CC[C@@]12CCN(C)[C@@H]1N(C)c1ccc(-n3cc(N4CCCCC4)nn3)cc12. The van der Waals surface area contributed by atoms with Gasteiger partial charge in [-0.15, -0.1) is 5.10 Å². The second-order valence-electron chi connectivity index (χ2n) is 8.50. The van der Waals surface area contributed by atoms with E-state index < -0.39 is 0 Å². The number of hydrogen-bond acceptors (Lipinski definition) is 5. The molecule has 3 aliphatic heterocycles. The Hall–Kier alpha value is -2.08. The maximum atomic E-state index is 4.46. The lowest BCUT2D eigenvalue weighted by Crippen LogP contribution is -2.46. The molecule has 0 saturated carbocycles. The molecule has 0 spiro atoms. The molecule has 0 N–H and O–H groups in total. The first-order valence-corrected chi connectivity index (χ1v) is 10.4. The molecule has 5 rings (SSSR count). The van der Waals surface area contributed by atoms with Crippen LogP contribution in [0.2, 0.25) is 0 Å². The molecule has 144 valence electrons. The number of likely N-dealkylation sites (tertiary alicyclic amines) is 1. The highest BCUT2D eigenvalue weighted by Gasteiger charge is 2.54. The third-order valence-corrected chi connectivity index (χ3v) is 7.14. The average molecular weight is 367 g/mol. The molecular formula is C21H30N6. The highest BCUT2D eigenvalue weighted by atomic mass is 15.5. The Labute approximate surface area is 161 Å². The van der Waals surface area contributed by atoms with Gasteiger partial charge < -0.3 is 9.80 Å². The molecule has 2 aromatic rings. The van der Waals surface area contributed by atoms with Crippen LogP contribution in [0.3, 0.4) is 0 Å². The van der Waals surface area contributed by atoms with Crippen LogP contribution in [-0.2, 0) is 5.41 Å². The first-order valence-electron chi connectivity index (χ1n) is 10.4. The Balaban J connectivity index is 1.51. The van der Waals surface area contributed by atoms with E-state index in [1.54, 1.807) is 0 Å². The molecule has 27 heavy (non-hydrogen) atoms. The second kappa shape index (κ2) is 6.23. The van der Waals surface area contributed by atoms with Gasteiger partial charge in [-0.1, -0.05) is 12.1 Å². The van der Waals surface area contributed by atoms with E-state index in [9.17, 15) is 0 Å². The van der Waals surface area contributed by atoms with Crippen LogP contribution >= 0.6 is 0 Å². The lowest BCUT2D eigenvalue weighted by atomic mass is 9.77. The van der Waals surface area contributed by atoms with Crippen LogP contribution in [0.5, 0.6) is 0 Å². The van der Waals surface area contributed by atoms with Crippen LogP contribution in [0.1, 0.15) is 44.6 Å². The van der Waals surface area contributed by atoms with Crippen LogP contribution < -0.4 is 9.80 Å². The predicted octanol–water partition coefficient (Wildman–Crippen LogP) is 3.02. The minimum absolute atomic E-state index is 0.227. The molecule has 6 nitrogen and oxygen atoms in total. The first-order chi connectivity index (χ1) is 13.1. The zero-order valence-corrected chi connectivity index (χ0v) is 16.7. The Morgan fingerprint density at radius 2 is 1.93 bits per heavy atom. The van der Waals surface area contributed by atoms with Crippen molar-refractivity contribution in [3.63, 3.8) is 0 Å². The summed E-state index contributed by atoms with van der Waals surface area (Å²) in [5, 5.41) is 8.92. The van der Waals surface area contributed by atoms with Crippen LogP contribution in [0, 0.1) is 0 Å². The quantitative estimate of drug-likeness (QED) is 0.835.